The first-order chi connectivity index (χ1) is 16.1. The number of hydrogen-bond donors (Lipinski definition) is 2. The van der Waals surface area contributed by atoms with Gasteiger partial charge in [-0.05, 0) is 48.0 Å². The number of carbonyl (C=O) groups excluding carboxylic acids is 1. The summed E-state index contributed by atoms with van der Waals surface area (Å²) in [6.45, 7) is 0.715. The number of fused-ring (bicyclic) bond motifs is 1. The molecule has 7 nitrogen and oxygen atoms in total. The van der Waals surface area contributed by atoms with E-state index in [0.29, 0.717) is 47.6 Å². The topological polar surface area (TPSA) is 93.7 Å². The summed E-state index contributed by atoms with van der Waals surface area (Å²) in [4.78, 5) is 12.0. The van der Waals surface area contributed by atoms with Crippen molar-refractivity contribution >= 4 is 21.6 Å². The highest BCUT2D eigenvalue weighted by Crippen LogP contribution is 2.33. The number of hydrogen-bond acceptors (Lipinski definition) is 5. The fourth-order valence-electron chi connectivity index (χ4n) is 3.20. The monoisotopic (exact) mass is 492 g/mol. The molecule has 0 atom stereocenters. The molecule has 2 N–H and O–H groups in total. The average Bonchev–Trinajstić information content (AvgIpc) is 2.82. The molecule has 0 aliphatic carbocycles. The average molecular weight is 492 g/mol. The zero-order valence-corrected chi connectivity index (χ0v) is 18.4. The molecule has 0 unspecified atom stereocenters. The minimum atomic E-state index is -4.65. The quantitative estimate of drug-likeness (QED) is 0.538. The summed E-state index contributed by atoms with van der Waals surface area (Å²) < 4.78 is 76.6. The molecule has 178 valence electrons. The molecule has 0 fully saturated rings. The number of nitrogens with one attached hydrogen (secondary N) is 2. The Bertz CT molecular complexity index is 1310. The molecule has 34 heavy (non-hydrogen) atoms. The third-order valence-corrected chi connectivity index (χ3v) is 6.35. The number of sulfonamides is 1. The summed E-state index contributed by atoms with van der Waals surface area (Å²) in [5.41, 5.74) is 0.321. The van der Waals surface area contributed by atoms with Crippen LogP contribution in [0.4, 0.5) is 18.9 Å². The number of ether oxygens (including phenoxy) is 2. The molecule has 0 spiro atoms. The van der Waals surface area contributed by atoms with Crippen LogP contribution in [-0.4, -0.2) is 27.5 Å². The van der Waals surface area contributed by atoms with Gasteiger partial charge in [-0.25, -0.2) is 13.1 Å². The maximum Gasteiger partial charge on any atom is 0.416 e. The molecule has 0 bridgehead atoms. The predicted octanol–water partition coefficient (Wildman–Crippen LogP) is 4.21. The van der Waals surface area contributed by atoms with Crippen molar-refractivity contribution in [3.05, 3.63) is 83.4 Å². The molecule has 1 aliphatic heterocycles. The lowest BCUT2D eigenvalue weighted by atomic mass is 10.1. The van der Waals surface area contributed by atoms with Crippen molar-refractivity contribution in [1.82, 2.24) is 4.72 Å². The van der Waals surface area contributed by atoms with Crippen molar-refractivity contribution in [3.8, 4) is 11.5 Å². The van der Waals surface area contributed by atoms with Crippen molar-refractivity contribution in [2.24, 2.45) is 0 Å². The van der Waals surface area contributed by atoms with Crippen LogP contribution in [0.5, 0.6) is 11.5 Å². The van der Waals surface area contributed by atoms with Gasteiger partial charge in [0, 0.05) is 23.9 Å². The number of benzene rings is 3. The SMILES string of the molecule is O=C(Nc1ccc2c(c1)OCCO2)c1ccc(CNS(=O)(=O)c2cccc(C(F)(F)F)c2)cc1. The second-order valence-electron chi connectivity index (χ2n) is 7.36. The number of alkyl halides is 3. The van der Waals surface area contributed by atoms with Crippen LogP contribution in [0.3, 0.4) is 0 Å². The number of anilines is 1. The van der Waals surface area contributed by atoms with Crippen molar-refractivity contribution in [2.75, 3.05) is 18.5 Å². The van der Waals surface area contributed by atoms with Crippen LogP contribution >= 0.6 is 0 Å². The zero-order valence-electron chi connectivity index (χ0n) is 17.6. The van der Waals surface area contributed by atoms with Gasteiger partial charge >= 0.3 is 6.18 Å². The second-order valence-corrected chi connectivity index (χ2v) is 9.13. The summed E-state index contributed by atoms with van der Waals surface area (Å²) in [5, 5.41) is 2.75. The van der Waals surface area contributed by atoms with E-state index in [1.165, 1.54) is 12.1 Å². The summed E-state index contributed by atoms with van der Waals surface area (Å²) in [7, 11) is -4.17. The van der Waals surface area contributed by atoms with Gasteiger partial charge in [-0.2, -0.15) is 13.2 Å². The fourth-order valence-corrected chi connectivity index (χ4v) is 4.26. The van der Waals surface area contributed by atoms with Crippen LogP contribution in [0.25, 0.3) is 0 Å². The molecular formula is C23H19F3N2O5S. The lowest BCUT2D eigenvalue weighted by Gasteiger charge is -2.19. The van der Waals surface area contributed by atoms with E-state index in [4.69, 9.17) is 9.47 Å². The Balaban J connectivity index is 1.38. The molecular weight excluding hydrogens is 473 g/mol. The first-order valence-electron chi connectivity index (χ1n) is 10.1. The van der Waals surface area contributed by atoms with Crippen molar-refractivity contribution < 1.29 is 35.9 Å². The molecule has 4 rings (SSSR count). The third-order valence-electron chi connectivity index (χ3n) is 4.95. The highest BCUT2D eigenvalue weighted by molar-refractivity contribution is 7.89. The van der Waals surface area contributed by atoms with Gasteiger partial charge in [0.2, 0.25) is 10.0 Å². The molecule has 0 aromatic heterocycles. The molecule has 0 saturated heterocycles. The standard InChI is InChI=1S/C23H19F3N2O5S/c24-23(25,26)17-2-1-3-19(12-17)34(30,31)27-14-15-4-6-16(7-5-15)22(29)28-18-8-9-20-21(13-18)33-11-10-32-20/h1-9,12-13,27H,10-11,14H2,(H,28,29). The minimum absolute atomic E-state index is 0.164. The van der Waals surface area contributed by atoms with Gasteiger partial charge in [0.1, 0.15) is 13.2 Å². The van der Waals surface area contributed by atoms with Crippen LogP contribution in [0.1, 0.15) is 21.5 Å². The van der Waals surface area contributed by atoms with E-state index < -0.39 is 26.7 Å². The van der Waals surface area contributed by atoms with E-state index in [9.17, 15) is 26.4 Å². The summed E-state index contributed by atoms with van der Waals surface area (Å²) in [6, 6.07) is 14.7. The Morgan fingerprint density at radius 3 is 2.32 bits per heavy atom. The number of carbonyl (C=O) groups is 1. The van der Waals surface area contributed by atoms with Crippen LogP contribution < -0.4 is 19.5 Å². The zero-order chi connectivity index (χ0) is 24.3. The van der Waals surface area contributed by atoms with Crippen molar-refractivity contribution in [1.29, 1.82) is 0 Å². The van der Waals surface area contributed by atoms with Gasteiger partial charge < -0.3 is 14.8 Å². The Hall–Kier alpha value is -3.57. The normalized spacial score (nSPS) is 13.4. The maximum absolute atomic E-state index is 12.9. The lowest BCUT2D eigenvalue weighted by Crippen LogP contribution is -2.23. The number of rotatable bonds is 6. The molecule has 1 aliphatic rings. The molecule has 0 radical (unpaired) electrons. The van der Waals surface area contributed by atoms with Crippen LogP contribution in [-0.2, 0) is 22.7 Å². The Kier molecular flexibility index (Phi) is 6.49. The van der Waals surface area contributed by atoms with E-state index in [1.54, 1.807) is 30.3 Å². The van der Waals surface area contributed by atoms with Gasteiger partial charge in [0.25, 0.3) is 5.91 Å². The summed E-state index contributed by atoms with van der Waals surface area (Å²) >= 11 is 0. The van der Waals surface area contributed by atoms with Gasteiger partial charge in [0.05, 0.1) is 10.5 Å². The molecule has 11 heteroatoms. The Labute approximate surface area is 193 Å². The molecule has 3 aromatic rings. The first-order valence-corrected chi connectivity index (χ1v) is 11.6. The maximum atomic E-state index is 12.9. The van der Waals surface area contributed by atoms with E-state index in [-0.39, 0.29) is 12.5 Å². The van der Waals surface area contributed by atoms with E-state index >= 15 is 0 Å². The largest absolute Gasteiger partial charge is 0.486 e. The molecule has 0 saturated carbocycles. The van der Waals surface area contributed by atoms with Gasteiger partial charge in [0.15, 0.2) is 11.5 Å². The summed E-state index contributed by atoms with van der Waals surface area (Å²) in [5.74, 6) is 0.751. The molecule has 3 aromatic carbocycles. The van der Waals surface area contributed by atoms with E-state index in [2.05, 4.69) is 10.0 Å². The van der Waals surface area contributed by atoms with Crippen LogP contribution in [0.15, 0.2) is 71.6 Å². The van der Waals surface area contributed by atoms with Crippen LogP contribution in [0.2, 0.25) is 0 Å². The van der Waals surface area contributed by atoms with Gasteiger partial charge in [-0.1, -0.05) is 18.2 Å². The first kappa shape index (κ1) is 23.6. The second kappa shape index (κ2) is 9.35. The Morgan fingerprint density at radius 2 is 1.62 bits per heavy atom. The number of halogens is 3. The van der Waals surface area contributed by atoms with Crippen molar-refractivity contribution in [2.45, 2.75) is 17.6 Å². The molecule has 1 amide bonds. The fraction of sp³-hybridized carbons (Fsp3) is 0.174. The predicted molar refractivity (Wildman–Crippen MR) is 117 cm³/mol. The molecule has 1 heterocycles. The van der Waals surface area contributed by atoms with E-state index in [1.807, 2.05) is 0 Å². The summed E-state index contributed by atoms with van der Waals surface area (Å²) in [6.07, 6.45) is -4.65. The van der Waals surface area contributed by atoms with Gasteiger partial charge in [-0.15, -0.1) is 0 Å². The Morgan fingerprint density at radius 1 is 0.912 bits per heavy atom. The highest BCUT2D eigenvalue weighted by Gasteiger charge is 2.31. The smallest absolute Gasteiger partial charge is 0.416 e. The van der Waals surface area contributed by atoms with Crippen molar-refractivity contribution in [3.63, 3.8) is 0 Å². The lowest BCUT2D eigenvalue weighted by molar-refractivity contribution is -0.137. The van der Waals surface area contributed by atoms with Crippen LogP contribution in [0, 0.1) is 0 Å². The third kappa shape index (κ3) is 5.49. The van der Waals surface area contributed by atoms with Gasteiger partial charge in [-0.3, -0.25) is 4.79 Å². The minimum Gasteiger partial charge on any atom is -0.486 e. The van der Waals surface area contributed by atoms with E-state index in [0.717, 1.165) is 18.2 Å². The number of amides is 1. The highest BCUT2D eigenvalue weighted by atomic mass is 32.2.